The van der Waals surface area contributed by atoms with Crippen LogP contribution in [0.25, 0.3) is 11.1 Å². The Labute approximate surface area is 177 Å². The van der Waals surface area contributed by atoms with Crippen LogP contribution >= 0.6 is 0 Å². The van der Waals surface area contributed by atoms with E-state index in [0.29, 0.717) is 37.9 Å². The first-order valence-electron chi connectivity index (χ1n) is 10.4. The van der Waals surface area contributed by atoms with E-state index < -0.39 is 6.10 Å². The predicted octanol–water partition coefficient (Wildman–Crippen LogP) is 2.60. The molecule has 1 fully saturated rings. The number of hydrogen-bond acceptors (Lipinski definition) is 7. The first kappa shape index (κ1) is 20.8. The predicted molar refractivity (Wildman–Crippen MR) is 113 cm³/mol. The molecule has 2 heterocycles. The number of fused-ring (bicyclic) bond motifs is 1. The minimum atomic E-state index is -0.577. The van der Waals surface area contributed by atoms with Crippen molar-refractivity contribution in [3.05, 3.63) is 36.4 Å². The summed E-state index contributed by atoms with van der Waals surface area (Å²) in [5.41, 5.74) is 1.92. The number of ether oxygens (including phenoxy) is 5. The summed E-state index contributed by atoms with van der Waals surface area (Å²) in [5.74, 6) is 2.83. The van der Waals surface area contributed by atoms with Gasteiger partial charge in [-0.25, -0.2) is 0 Å². The molecule has 0 spiro atoms. The van der Waals surface area contributed by atoms with Crippen LogP contribution in [0.2, 0.25) is 0 Å². The van der Waals surface area contributed by atoms with E-state index in [-0.39, 0.29) is 6.61 Å². The maximum Gasteiger partial charge on any atom is 0.161 e. The third kappa shape index (κ3) is 5.36. The summed E-state index contributed by atoms with van der Waals surface area (Å²) in [6.45, 7) is 5.17. The fourth-order valence-corrected chi connectivity index (χ4v) is 3.69. The van der Waals surface area contributed by atoms with Gasteiger partial charge in [-0.1, -0.05) is 6.07 Å². The molecule has 162 valence electrons. The lowest BCUT2D eigenvalue weighted by atomic mass is 10.0. The first-order chi connectivity index (χ1) is 14.7. The van der Waals surface area contributed by atoms with E-state index in [1.807, 2.05) is 36.4 Å². The lowest BCUT2D eigenvalue weighted by Crippen LogP contribution is -2.37. The molecule has 2 aliphatic rings. The van der Waals surface area contributed by atoms with E-state index >= 15 is 0 Å². The fourth-order valence-electron chi connectivity index (χ4n) is 3.69. The Hall–Kier alpha value is -2.48. The molecule has 0 aliphatic carbocycles. The van der Waals surface area contributed by atoms with Crippen molar-refractivity contribution in [2.75, 3.05) is 59.8 Å². The van der Waals surface area contributed by atoms with Crippen LogP contribution in [0.3, 0.4) is 0 Å². The molecule has 0 amide bonds. The van der Waals surface area contributed by atoms with E-state index in [1.165, 1.54) is 0 Å². The van der Waals surface area contributed by atoms with Crippen LogP contribution < -0.4 is 18.9 Å². The molecule has 2 aromatic carbocycles. The average molecular weight is 415 g/mol. The largest absolute Gasteiger partial charge is 0.497 e. The Morgan fingerprint density at radius 2 is 1.77 bits per heavy atom. The van der Waals surface area contributed by atoms with Gasteiger partial charge in [-0.2, -0.15) is 0 Å². The summed E-state index contributed by atoms with van der Waals surface area (Å²) in [7, 11) is 1.63. The summed E-state index contributed by atoms with van der Waals surface area (Å²) in [5, 5.41) is 10.4. The molecule has 7 nitrogen and oxygen atoms in total. The van der Waals surface area contributed by atoms with Gasteiger partial charge in [0.05, 0.1) is 13.7 Å². The van der Waals surface area contributed by atoms with Gasteiger partial charge in [-0.3, -0.25) is 4.90 Å². The second kappa shape index (κ2) is 10.0. The number of hydrogen-bond donors (Lipinski definition) is 1. The lowest BCUT2D eigenvalue weighted by Gasteiger charge is -2.23. The van der Waals surface area contributed by atoms with Crippen molar-refractivity contribution < 1.29 is 28.8 Å². The molecule has 1 unspecified atom stereocenters. The Morgan fingerprint density at radius 1 is 0.933 bits per heavy atom. The van der Waals surface area contributed by atoms with Crippen LogP contribution in [0.4, 0.5) is 0 Å². The standard InChI is InChI=1S/C23H29NO6/c1-26-20-11-18(17-3-4-22-23(13-17)29-10-9-28-22)12-21(14-20)30-16-19(25)15-24-5-2-7-27-8-6-24/h3-4,11-14,19,25H,2,5-10,15-16H2,1H3. The summed E-state index contributed by atoms with van der Waals surface area (Å²) in [6, 6.07) is 11.6. The number of β-amino-alcohol motifs (C(OH)–C–C–N with tert-alkyl or cyclic N) is 1. The highest BCUT2D eigenvalue weighted by atomic mass is 16.6. The number of aliphatic hydroxyl groups excluding tert-OH is 1. The highest BCUT2D eigenvalue weighted by Gasteiger charge is 2.16. The van der Waals surface area contributed by atoms with Gasteiger partial charge in [0, 0.05) is 32.3 Å². The van der Waals surface area contributed by atoms with Crippen LogP contribution in [0.5, 0.6) is 23.0 Å². The Kier molecular flexibility index (Phi) is 6.94. The molecule has 4 rings (SSSR count). The number of methoxy groups -OCH3 is 1. The third-order valence-corrected chi connectivity index (χ3v) is 5.22. The smallest absolute Gasteiger partial charge is 0.161 e. The molecule has 7 heteroatoms. The van der Waals surface area contributed by atoms with Crippen molar-refractivity contribution in [2.45, 2.75) is 12.5 Å². The van der Waals surface area contributed by atoms with Crippen molar-refractivity contribution in [3.8, 4) is 34.1 Å². The van der Waals surface area contributed by atoms with Crippen molar-refractivity contribution in [2.24, 2.45) is 0 Å². The zero-order chi connectivity index (χ0) is 20.8. The molecule has 1 saturated heterocycles. The molecular formula is C23H29NO6. The van der Waals surface area contributed by atoms with Gasteiger partial charge in [-0.05, 0) is 41.8 Å². The molecular weight excluding hydrogens is 386 g/mol. The van der Waals surface area contributed by atoms with Crippen LogP contribution in [-0.2, 0) is 4.74 Å². The van der Waals surface area contributed by atoms with E-state index in [0.717, 1.165) is 48.7 Å². The van der Waals surface area contributed by atoms with Gasteiger partial charge in [0.25, 0.3) is 0 Å². The normalized spacial score (nSPS) is 17.8. The highest BCUT2D eigenvalue weighted by molar-refractivity contribution is 5.70. The van der Waals surface area contributed by atoms with Crippen molar-refractivity contribution in [1.29, 1.82) is 0 Å². The molecule has 0 saturated carbocycles. The molecule has 30 heavy (non-hydrogen) atoms. The van der Waals surface area contributed by atoms with E-state index in [4.69, 9.17) is 23.7 Å². The first-order valence-corrected chi connectivity index (χ1v) is 10.4. The van der Waals surface area contributed by atoms with E-state index in [1.54, 1.807) is 7.11 Å². The van der Waals surface area contributed by atoms with Crippen molar-refractivity contribution in [1.82, 2.24) is 4.90 Å². The molecule has 2 aliphatic heterocycles. The third-order valence-electron chi connectivity index (χ3n) is 5.22. The lowest BCUT2D eigenvalue weighted by molar-refractivity contribution is 0.0658. The number of nitrogens with zero attached hydrogens (tertiary/aromatic N) is 1. The Bertz CT molecular complexity index is 834. The molecule has 1 atom stereocenters. The summed E-state index contributed by atoms with van der Waals surface area (Å²) >= 11 is 0. The van der Waals surface area contributed by atoms with Gasteiger partial charge >= 0.3 is 0 Å². The monoisotopic (exact) mass is 415 g/mol. The maximum absolute atomic E-state index is 10.4. The number of rotatable bonds is 7. The molecule has 0 bridgehead atoms. The SMILES string of the molecule is COc1cc(OCC(O)CN2CCCOCC2)cc(-c2ccc3c(c2)OCCO3)c1. The highest BCUT2D eigenvalue weighted by Crippen LogP contribution is 2.37. The summed E-state index contributed by atoms with van der Waals surface area (Å²) in [6.07, 6.45) is 0.412. The van der Waals surface area contributed by atoms with Gasteiger partial charge in [0.15, 0.2) is 11.5 Å². The molecule has 2 aromatic rings. The maximum atomic E-state index is 10.4. The fraction of sp³-hybridized carbons (Fsp3) is 0.478. The Morgan fingerprint density at radius 3 is 2.63 bits per heavy atom. The van der Waals surface area contributed by atoms with Gasteiger partial charge < -0.3 is 28.8 Å². The minimum absolute atomic E-state index is 0.213. The van der Waals surface area contributed by atoms with Gasteiger partial charge in [0.1, 0.15) is 37.4 Å². The van der Waals surface area contributed by atoms with Crippen LogP contribution in [-0.4, -0.2) is 75.9 Å². The molecule has 0 radical (unpaired) electrons. The van der Waals surface area contributed by atoms with Gasteiger partial charge in [0.2, 0.25) is 0 Å². The zero-order valence-corrected chi connectivity index (χ0v) is 17.3. The molecule has 0 aromatic heterocycles. The van der Waals surface area contributed by atoms with E-state index in [9.17, 15) is 5.11 Å². The molecule has 1 N–H and O–H groups in total. The van der Waals surface area contributed by atoms with Crippen molar-refractivity contribution >= 4 is 0 Å². The Balaban J connectivity index is 1.43. The van der Waals surface area contributed by atoms with Crippen LogP contribution in [0, 0.1) is 0 Å². The van der Waals surface area contributed by atoms with Gasteiger partial charge in [-0.15, -0.1) is 0 Å². The van der Waals surface area contributed by atoms with Crippen LogP contribution in [0.1, 0.15) is 6.42 Å². The second-order valence-corrected chi connectivity index (χ2v) is 7.49. The van der Waals surface area contributed by atoms with Crippen LogP contribution in [0.15, 0.2) is 36.4 Å². The van der Waals surface area contributed by atoms with E-state index in [2.05, 4.69) is 4.90 Å². The summed E-state index contributed by atoms with van der Waals surface area (Å²) < 4.78 is 28.1. The van der Waals surface area contributed by atoms with Crippen molar-refractivity contribution in [3.63, 3.8) is 0 Å². The number of benzene rings is 2. The second-order valence-electron chi connectivity index (χ2n) is 7.49. The quantitative estimate of drug-likeness (QED) is 0.745. The zero-order valence-electron chi connectivity index (χ0n) is 17.3. The summed E-state index contributed by atoms with van der Waals surface area (Å²) in [4.78, 5) is 2.22. The topological polar surface area (TPSA) is 69.6 Å². The number of aliphatic hydroxyl groups is 1. The average Bonchev–Trinajstić information content (AvgIpc) is 3.05. The minimum Gasteiger partial charge on any atom is -0.497 e.